The van der Waals surface area contributed by atoms with Crippen LogP contribution >= 0.6 is 0 Å². The van der Waals surface area contributed by atoms with E-state index in [0.29, 0.717) is 5.91 Å². The van der Waals surface area contributed by atoms with Crippen LogP contribution in [0.5, 0.6) is 0 Å². The fourth-order valence-corrected chi connectivity index (χ4v) is 5.72. The second kappa shape index (κ2) is 9.43. The minimum Gasteiger partial charge on any atom is -0.340 e. The lowest BCUT2D eigenvalue weighted by molar-refractivity contribution is -0.135. The molecule has 1 aliphatic carbocycles. The molecule has 5 rings (SSSR count). The normalized spacial score (nSPS) is 23.5. The molecule has 176 valence electrons. The molecule has 1 saturated carbocycles. The van der Waals surface area contributed by atoms with Crippen molar-refractivity contribution >= 4 is 12.0 Å². The maximum atomic E-state index is 13.2. The van der Waals surface area contributed by atoms with Crippen molar-refractivity contribution in [1.82, 2.24) is 24.5 Å². The maximum Gasteiger partial charge on any atom is 0.226 e. The summed E-state index contributed by atoms with van der Waals surface area (Å²) < 4.78 is 1.91. The molecule has 1 spiro atoms. The van der Waals surface area contributed by atoms with Gasteiger partial charge in [-0.05, 0) is 50.3 Å². The van der Waals surface area contributed by atoms with Crippen molar-refractivity contribution in [2.75, 3.05) is 45.8 Å². The summed E-state index contributed by atoms with van der Waals surface area (Å²) in [5, 5.41) is 4.47. The molecule has 1 amide bonds. The Kier molecular flexibility index (Phi) is 6.39. The molecule has 1 aromatic heterocycles. The van der Waals surface area contributed by atoms with Gasteiger partial charge in [0.25, 0.3) is 0 Å². The van der Waals surface area contributed by atoms with Crippen LogP contribution in [0.2, 0.25) is 0 Å². The third kappa shape index (κ3) is 5.07. The topological polar surface area (TPSA) is 44.6 Å². The van der Waals surface area contributed by atoms with Gasteiger partial charge in [-0.1, -0.05) is 42.5 Å². The Labute approximate surface area is 197 Å². The molecule has 3 heterocycles. The van der Waals surface area contributed by atoms with E-state index in [-0.39, 0.29) is 11.3 Å². The summed E-state index contributed by atoms with van der Waals surface area (Å²) in [6.45, 7) is 9.92. The molecule has 6 heteroatoms. The number of piperazine rings is 1. The number of piperidine rings is 1. The smallest absolute Gasteiger partial charge is 0.226 e. The van der Waals surface area contributed by atoms with Crippen molar-refractivity contribution in [3.05, 3.63) is 59.4 Å². The molecule has 1 unspecified atom stereocenters. The van der Waals surface area contributed by atoms with E-state index in [9.17, 15) is 4.79 Å². The molecule has 0 N–H and O–H groups in total. The summed E-state index contributed by atoms with van der Waals surface area (Å²) in [5.74, 6) is 0.690. The summed E-state index contributed by atoms with van der Waals surface area (Å²) in [4.78, 5) is 20.4. The van der Waals surface area contributed by atoms with Crippen molar-refractivity contribution in [2.24, 2.45) is 18.4 Å². The highest BCUT2D eigenvalue weighted by atomic mass is 16.2. The van der Waals surface area contributed by atoms with Gasteiger partial charge in [0.2, 0.25) is 5.91 Å². The molecule has 1 atom stereocenters. The van der Waals surface area contributed by atoms with E-state index in [0.717, 1.165) is 77.3 Å². The molecule has 2 saturated heterocycles. The van der Waals surface area contributed by atoms with E-state index < -0.39 is 0 Å². The van der Waals surface area contributed by atoms with Crippen LogP contribution in [0.15, 0.2) is 42.6 Å². The van der Waals surface area contributed by atoms with Crippen LogP contribution in [0.1, 0.15) is 36.1 Å². The zero-order valence-electron chi connectivity index (χ0n) is 20.1. The Bertz CT molecular complexity index is 981. The highest BCUT2D eigenvalue weighted by Crippen LogP contribution is 2.60. The van der Waals surface area contributed by atoms with Crippen LogP contribution in [0, 0.1) is 18.3 Å². The minimum atomic E-state index is 0.268. The van der Waals surface area contributed by atoms with E-state index in [1.54, 1.807) is 0 Å². The van der Waals surface area contributed by atoms with Crippen LogP contribution in [0.25, 0.3) is 6.08 Å². The summed E-state index contributed by atoms with van der Waals surface area (Å²) in [6, 6.07) is 10.4. The number of carbonyl (C=O) groups is 1. The largest absolute Gasteiger partial charge is 0.340 e. The van der Waals surface area contributed by atoms with Crippen LogP contribution in [0.3, 0.4) is 0 Å². The number of benzene rings is 1. The second-order valence-corrected chi connectivity index (χ2v) is 10.2. The Balaban J connectivity index is 1.05. The van der Waals surface area contributed by atoms with E-state index in [4.69, 9.17) is 0 Å². The molecule has 2 aliphatic heterocycles. The van der Waals surface area contributed by atoms with Gasteiger partial charge in [-0.25, -0.2) is 0 Å². The van der Waals surface area contributed by atoms with E-state index in [2.05, 4.69) is 69.3 Å². The van der Waals surface area contributed by atoms with E-state index in [1.165, 1.54) is 11.1 Å². The first-order valence-electron chi connectivity index (χ1n) is 12.5. The highest BCUT2D eigenvalue weighted by molar-refractivity contribution is 5.83. The molecule has 1 aromatic carbocycles. The lowest BCUT2D eigenvalue weighted by Crippen LogP contribution is -2.49. The highest BCUT2D eigenvalue weighted by Gasteiger charge is 2.59. The Morgan fingerprint density at radius 3 is 2.45 bits per heavy atom. The standard InChI is InChI=1S/C27H37N5O/c1-22-24(20-29(2)28-22)21-31-13-10-27(11-14-31)19-25(27)26(33)32-17-15-30(16-18-32)12-6-9-23-7-4-3-5-8-23/h3-9,20,25H,10-19,21H2,1-2H3. The van der Waals surface area contributed by atoms with Crippen molar-refractivity contribution in [1.29, 1.82) is 0 Å². The molecular weight excluding hydrogens is 410 g/mol. The first-order chi connectivity index (χ1) is 16.0. The van der Waals surface area contributed by atoms with Crippen molar-refractivity contribution in [3.63, 3.8) is 0 Å². The van der Waals surface area contributed by atoms with Gasteiger partial charge < -0.3 is 4.90 Å². The number of hydrogen-bond donors (Lipinski definition) is 0. The number of aromatic nitrogens is 2. The SMILES string of the molecule is Cc1nn(C)cc1CN1CCC2(CC1)CC2C(=O)N1CCN(CC=Cc2ccccc2)CC1. The van der Waals surface area contributed by atoms with Gasteiger partial charge in [-0.15, -0.1) is 0 Å². The van der Waals surface area contributed by atoms with Crippen molar-refractivity contribution in [3.8, 4) is 0 Å². The number of aryl methyl sites for hydroxylation is 2. The summed E-state index contributed by atoms with van der Waals surface area (Å²) in [7, 11) is 1.99. The molecule has 6 nitrogen and oxygen atoms in total. The second-order valence-electron chi connectivity index (χ2n) is 10.2. The van der Waals surface area contributed by atoms with Crippen LogP contribution in [-0.2, 0) is 18.4 Å². The number of likely N-dealkylation sites (tertiary alicyclic amines) is 1. The number of hydrogen-bond acceptors (Lipinski definition) is 4. The Morgan fingerprint density at radius 2 is 1.79 bits per heavy atom. The lowest BCUT2D eigenvalue weighted by atomic mass is 9.90. The van der Waals surface area contributed by atoms with Gasteiger partial charge in [0.15, 0.2) is 0 Å². The van der Waals surface area contributed by atoms with Crippen molar-refractivity contribution < 1.29 is 4.79 Å². The van der Waals surface area contributed by atoms with Gasteiger partial charge in [0, 0.05) is 64.0 Å². The van der Waals surface area contributed by atoms with Gasteiger partial charge in [0.05, 0.1) is 5.69 Å². The fraction of sp³-hybridized carbons (Fsp3) is 0.556. The number of amides is 1. The fourth-order valence-electron chi connectivity index (χ4n) is 5.72. The van der Waals surface area contributed by atoms with Gasteiger partial charge >= 0.3 is 0 Å². The average Bonchev–Trinajstić information content (AvgIpc) is 3.44. The summed E-state index contributed by atoms with van der Waals surface area (Å²) in [6.07, 6.45) is 9.99. The molecule has 2 aromatic rings. The molecule has 33 heavy (non-hydrogen) atoms. The average molecular weight is 448 g/mol. The number of carbonyl (C=O) groups excluding carboxylic acids is 1. The third-order valence-corrected chi connectivity index (χ3v) is 8.01. The van der Waals surface area contributed by atoms with Gasteiger partial charge in [-0.3, -0.25) is 19.3 Å². The van der Waals surface area contributed by atoms with Gasteiger partial charge in [-0.2, -0.15) is 5.10 Å². The summed E-state index contributed by atoms with van der Waals surface area (Å²) in [5.41, 5.74) is 3.99. The molecule has 0 bridgehead atoms. The monoisotopic (exact) mass is 447 g/mol. The Hall–Kier alpha value is -2.44. The van der Waals surface area contributed by atoms with Crippen LogP contribution in [0.4, 0.5) is 0 Å². The lowest BCUT2D eigenvalue weighted by Gasteiger charge is -2.36. The number of rotatable bonds is 6. The maximum absolute atomic E-state index is 13.2. The minimum absolute atomic E-state index is 0.268. The van der Waals surface area contributed by atoms with E-state index in [1.807, 2.05) is 17.8 Å². The first kappa shape index (κ1) is 22.4. The molecule has 3 fully saturated rings. The summed E-state index contributed by atoms with van der Waals surface area (Å²) >= 11 is 0. The third-order valence-electron chi connectivity index (χ3n) is 8.01. The molecule has 3 aliphatic rings. The molecular formula is C27H37N5O. The predicted octanol–water partition coefficient (Wildman–Crippen LogP) is 3.19. The zero-order valence-corrected chi connectivity index (χ0v) is 20.1. The van der Waals surface area contributed by atoms with Crippen LogP contribution in [-0.4, -0.2) is 76.2 Å². The van der Waals surface area contributed by atoms with Crippen molar-refractivity contribution in [2.45, 2.75) is 32.7 Å². The first-order valence-corrected chi connectivity index (χ1v) is 12.5. The van der Waals surface area contributed by atoms with Gasteiger partial charge in [0.1, 0.15) is 0 Å². The van der Waals surface area contributed by atoms with Crippen LogP contribution < -0.4 is 0 Å². The van der Waals surface area contributed by atoms with E-state index >= 15 is 0 Å². The number of nitrogens with zero attached hydrogens (tertiary/aromatic N) is 5. The Morgan fingerprint density at radius 1 is 1.06 bits per heavy atom. The molecule has 0 radical (unpaired) electrons. The predicted molar refractivity (Wildman–Crippen MR) is 131 cm³/mol. The zero-order chi connectivity index (χ0) is 22.8. The quantitative estimate of drug-likeness (QED) is 0.682.